The fourth-order valence-corrected chi connectivity index (χ4v) is 3.29. The molecule has 1 aliphatic carbocycles. The quantitative estimate of drug-likeness (QED) is 0.747. The van der Waals surface area contributed by atoms with E-state index in [2.05, 4.69) is 27.7 Å². The Bertz CT molecular complexity index is 186. The van der Waals surface area contributed by atoms with Crippen molar-refractivity contribution in [2.75, 3.05) is 0 Å². The predicted octanol–water partition coefficient (Wildman–Crippen LogP) is 4.00. The van der Waals surface area contributed by atoms with Crippen molar-refractivity contribution in [1.29, 1.82) is 0 Å². The summed E-state index contributed by atoms with van der Waals surface area (Å²) in [7, 11) is 0. The fourth-order valence-electron chi connectivity index (χ4n) is 3.29. The zero-order valence-electron chi connectivity index (χ0n) is 10.9. The molecule has 0 aromatic heterocycles. The molecule has 1 aliphatic rings. The largest absolute Gasteiger partial charge is 0.393 e. The highest BCUT2D eigenvalue weighted by Gasteiger charge is 2.36. The van der Waals surface area contributed by atoms with Crippen molar-refractivity contribution in [2.24, 2.45) is 17.3 Å². The molecule has 0 aliphatic heterocycles. The molecule has 1 N–H and O–H groups in total. The molecule has 0 heterocycles. The molecule has 0 aromatic rings. The van der Waals surface area contributed by atoms with Crippen molar-refractivity contribution in [3.8, 4) is 0 Å². The summed E-state index contributed by atoms with van der Waals surface area (Å²) in [4.78, 5) is 0. The summed E-state index contributed by atoms with van der Waals surface area (Å²) >= 11 is 0. The van der Waals surface area contributed by atoms with Gasteiger partial charge in [-0.3, -0.25) is 0 Å². The summed E-state index contributed by atoms with van der Waals surface area (Å²) in [5.41, 5.74) is 0.491. The van der Waals surface area contributed by atoms with Crippen LogP contribution in [0.1, 0.15) is 66.2 Å². The van der Waals surface area contributed by atoms with Crippen molar-refractivity contribution < 1.29 is 5.11 Å². The summed E-state index contributed by atoms with van der Waals surface area (Å²) in [6, 6.07) is 0. The standard InChI is InChI=1S/C14H28O/c1-5-12(15)8-9-13-11(2)7-6-10-14(13,3)4/h11-13,15H,5-10H2,1-4H3. The lowest BCUT2D eigenvalue weighted by atomic mass is 9.62. The topological polar surface area (TPSA) is 20.2 Å². The first-order chi connectivity index (χ1) is 6.97. The maximum absolute atomic E-state index is 9.65. The average Bonchev–Trinajstić information content (AvgIpc) is 2.15. The van der Waals surface area contributed by atoms with Crippen molar-refractivity contribution in [3.05, 3.63) is 0 Å². The molecule has 1 saturated carbocycles. The van der Waals surface area contributed by atoms with Crippen molar-refractivity contribution >= 4 is 0 Å². The molecule has 1 fully saturated rings. The molecule has 15 heavy (non-hydrogen) atoms. The Balaban J connectivity index is 2.48. The Morgan fingerprint density at radius 1 is 1.40 bits per heavy atom. The lowest BCUT2D eigenvalue weighted by Crippen LogP contribution is -2.34. The fraction of sp³-hybridized carbons (Fsp3) is 1.00. The first-order valence-corrected chi connectivity index (χ1v) is 6.65. The third-order valence-electron chi connectivity index (χ3n) is 4.45. The van der Waals surface area contributed by atoms with E-state index in [1.54, 1.807) is 0 Å². The van der Waals surface area contributed by atoms with Gasteiger partial charge in [0.2, 0.25) is 0 Å². The zero-order chi connectivity index (χ0) is 11.5. The second kappa shape index (κ2) is 5.34. The van der Waals surface area contributed by atoms with E-state index in [-0.39, 0.29) is 6.10 Å². The molecule has 0 radical (unpaired) electrons. The van der Waals surface area contributed by atoms with Gasteiger partial charge in [0, 0.05) is 0 Å². The Morgan fingerprint density at radius 3 is 2.60 bits per heavy atom. The van der Waals surface area contributed by atoms with E-state index < -0.39 is 0 Å². The molecule has 0 spiro atoms. The molecule has 1 heteroatoms. The minimum atomic E-state index is -0.0741. The Kier molecular flexibility index (Phi) is 4.64. The monoisotopic (exact) mass is 212 g/mol. The lowest BCUT2D eigenvalue weighted by molar-refractivity contribution is 0.0570. The third kappa shape index (κ3) is 3.48. The minimum absolute atomic E-state index is 0.0741. The maximum atomic E-state index is 9.65. The van der Waals surface area contributed by atoms with Gasteiger partial charge in [-0.05, 0) is 42.9 Å². The molecule has 3 atom stereocenters. The first kappa shape index (κ1) is 13.0. The zero-order valence-corrected chi connectivity index (χ0v) is 10.9. The summed E-state index contributed by atoms with van der Waals surface area (Å²) in [5, 5.41) is 9.65. The SMILES string of the molecule is CCC(O)CCC1C(C)CCCC1(C)C. The van der Waals surface area contributed by atoms with Crippen LogP contribution >= 0.6 is 0 Å². The lowest BCUT2D eigenvalue weighted by Gasteiger charge is -2.43. The van der Waals surface area contributed by atoms with Gasteiger partial charge in [0.05, 0.1) is 6.10 Å². The van der Waals surface area contributed by atoms with E-state index in [0.717, 1.165) is 24.7 Å². The van der Waals surface area contributed by atoms with E-state index in [1.165, 1.54) is 25.7 Å². The Hall–Kier alpha value is -0.0400. The van der Waals surface area contributed by atoms with Crippen LogP contribution in [0.15, 0.2) is 0 Å². The number of hydrogen-bond donors (Lipinski definition) is 1. The van der Waals surface area contributed by atoms with Gasteiger partial charge < -0.3 is 5.11 Å². The van der Waals surface area contributed by atoms with Crippen LogP contribution in [0.3, 0.4) is 0 Å². The van der Waals surface area contributed by atoms with E-state index >= 15 is 0 Å². The van der Waals surface area contributed by atoms with Gasteiger partial charge in [0.25, 0.3) is 0 Å². The summed E-state index contributed by atoms with van der Waals surface area (Å²) < 4.78 is 0. The van der Waals surface area contributed by atoms with Crippen LogP contribution in [0.25, 0.3) is 0 Å². The van der Waals surface area contributed by atoms with Crippen LogP contribution in [0.4, 0.5) is 0 Å². The van der Waals surface area contributed by atoms with Gasteiger partial charge in [0.1, 0.15) is 0 Å². The van der Waals surface area contributed by atoms with E-state index in [9.17, 15) is 5.11 Å². The summed E-state index contributed by atoms with van der Waals surface area (Å²) in [5.74, 6) is 1.66. The molecule has 1 nitrogen and oxygen atoms in total. The second-order valence-electron chi connectivity index (χ2n) is 6.10. The van der Waals surface area contributed by atoms with Gasteiger partial charge in [0.15, 0.2) is 0 Å². The van der Waals surface area contributed by atoms with Gasteiger partial charge in [-0.2, -0.15) is 0 Å². The molecular weight excluding hydrogens is 184 g/mol. The van der Waals surface area contributed by atoms with E-state index in [4.69, 9.17) is 0 Å². The van der Waals surface area contributed by atoms with Crippen LogP contribution in [0.5, 0.6) is 0 Å². The second-order valence-corrected chi connectivity index (χ2v) is 6.10. The molecule has 90 valence electrons. The van der Waals surface area contributed by atoms with E-state index in [1.807, 2.05) is 0 Å². The highest BCUT2D eigenvalue weighted by atomic mass is 16.3. The normalized spacial score (nSPS) is 32.6. The van der Waals surface area contributed by atoms with Crippen LogP contribution in [0, 0.1) is 17.3 Å². The van der Waals surface area contributed by atoms with Gasteiger partial charge in [-0.15, -0.1) is 0 Å². The number of hydrogen-bond acceptors (Lipinski definition) is 1. The van der Waals surface area contributed by atoms with Crippen molar-refractivity contribution in [3.63, 3.8) is 0 Å². The first-order valence-electron chi connectivity index (χ1n) is 6.65. The average molecular weight is 212 g/mol. The summed E-state index contributed by atoms with van der Waals surface area (Å²) in [6.45, 7) is 9.28. The number of rotatable bonds is 4. The van der Waals surface area contributed by atoms with Crippen molar-refractivity contribution in [2.45, 2.75) is 72.3 Å². The molecule has 3 unspecified atom stereocenters. The number of aliphatic hydroxyl groups is 1. The van der Waals surface area contributed by atoms with Gasteiger partial charge >= 0.3 is 0 Å². The number of aliphatic hydroxyl groups excluding tert-OH is 1. The molecule has 1 rings (SSSR count). The summed E-state index contributed by atoms with van der Waals surface area (Å²) in [6.07, 6.45) is 7.18. The van der Waals surface area contributed by atoms with Crippen LogP contribution in [0.2, 0.25) is 0 Å². The van der Waals surface area contributed by atoms with E-state index in [0.29, 0.717) is 5.41 Å². The molecule has 0 saturated heterocycles. The highest BCUT2D eigenvalue weighted by molar-refractivity contribution is 4.86. The maximum Gasteiger partial charge on any atom is 0.0537 e. The Morgan fingerprint density at radius 2 is 2.07 bits per heavy atom. The van der Waals surface area contributed by atoms with Gasteiger partial charge in [-0.1, -0.05) is 40.5 Å². The van der Waals surface area contributed by atoms with Gasteiger partial charge in [-0.25, -0.2) is 0 Å². The molecule has 0 aromatic carbocycles. The molecular formula is C14H28O. The Labute approximate surface area is 95.3 Å². The third-order valence-corrected chi connectivity index (χ3v) is 4.45. The van der Waals surface area contributed by atoms with Crippen LogP contribution in [-0.2, 0) is 0 Å². The predicted molar refractivity (Wildman–Crippen MR) is 65.8 cm³/mol. The van der Waals surface area contributed by atoms with Crippen molar-refractivity contribution in [1.82, 2.24) is 0 Å². The van der Waals surface area contributed by atoms with Crippen LogP contribution in [-0.4, -0.2) is 11.2 Å². The van der Waals surface area contributed by atoms with Crippen LogP contribution < -0.4 is 0 Å². The smallest absolute Gasteiger partial charge is 0.0537 e. The molecule has 0 amide bonds. The molecule has 0 bridgehead atoms. The highest BCUT2D eigenvalue weighted by Crippen LogP contribution is 2.46. The minimum Gasteiger partial charge on any atom is -0.393 e.